The Morgan fingerprint density at radius 2 is 1.88 bits per heavy atom. The Morgan fingerprint density at radius 3 is 2.36 bits per heavy atom. The van der Waals surface area contributed by atoms with Crippen molar-refractivity contribution in [3.63, 3.8) is 0 Å². The number of thiocarbonyl (C=S) groups is 1. The highest BCUT2D eigenvalue weighted by Crippen LogP contribution is 2.40. The molecule has 0 saturated heterocycles. The fourth-order valence-corrected chi connectivity index (χ4v) is 3.65. The minimum absolute atomic E-state index is 0.403. The highest BCUT2D eigenvalue weighted by molar-refractivity contribution is 8.11. The van der Waals surface area contributed by atoms with Crippen molar-refractivity contribution in [1.82, 2.24) is 0 Å². The molecule has 0 heterocycles. The summed E-state index contributed by atoms with van der Waals surface area (Å²) in [6.45, 7) is 6.27. The Kier molecular flexibility index (Phi) is 6.26. The third-order valence-electron chi connectivity index (χ3n) is 4.33. The van der Waals surface area contributed by atoms with Gasteiger partial charge in [-0.1, -0.05) is 56.4 Å². The van der Waals surface area contributed by atoms with E-state index in [1.807, 2.05) is 49.4 Å². The minimum Gasteiger partial charge on any atom is -0.497 e. The third-order valence-corrected chi connectivity index (χ3v) is 4.79. The molecule has 4 heteroatoms. The van der Waals surface area contributed by atoms with E-state index in [0.717, 1.165) is 34.4 Å². The molecule has 0 aromatic heterocycles. The van der Waals surface area contributed by atoms with E-state index < -0.39 is 5.41 Å². The average Bonchev–Trinajstić information content (AvgIpc) is 2.60. The van der Waals surface area contributed by atoms with E-state index >= 15 is 0 Å². The number of thiol groups is 1. The molecule has 0 saturated carbocycles. The van der Waals surface area contributed by atoms with E-state index in [9.17, 15) is 5.26 Å². The normalized spacial score (nSPS) is 13.2. The second kappa shape index (κ2) is 8.03. The zero-order valence-corrected chi connectivity index (χ0v) is 16.7. The number of benzene rings is 2. The lowest BCUT2D eigenvalue weighted by atomic mass is 9.73. The Hall–Kier alpha value is -1.83. The van der Waals surface area contributed by atoms with Gasteiger partial charge >= 0.3 is 0 Å². The molecule has 1 unspecified atom stereocenters. The summed E-state index contributed by atoms with van der Waals surface area (Å²) in [7, 11) is 1.65. The van der Waals surface area contributed by atoms with Gasteiger partial charge in [-0.25, -0.2) is 0 Å². The third kappa shape index (κ3) is 4.23. The zero-order chi connectivity index (χ0) is 18.6. The second-order valence-corrected chi connectivity index (χ2v) is 7.96. The van der Waals surface area contributed by atoms with Crippen LogP contribution in [-0.4, -0.2) is 11.3 Å². The molecule has 130 valence electrons. The van der Waals surface area contributed by atoms with Crippen LogP contribution in [0.25, 0.3) is 11.1 Å². The summed E-state index contributed by atoms with van der Waals surface area (Å²) >= 11 is 9.77. The molecular formula is C21H23NOS2. The van der Waals surface area contributed by atoms with Crippen molar-refractivity contribution in [2.45, 2.75) is 32.6 Å². The van der Waals surface area contributed by atoms with Crippen LogP contribution in [0.4, 0.5) is 0 Å². The van der Waals surface area contributed by atoms with E-state index in [-0.39, 0.29) is 0 Å². The standard InChI is InChI=1S/C21H23NOS2/c1-14(2)12-21(3,13-22)18-7-5-6-17(20(24)25)19(18)15-8-10-16(23-4)11-9-15/h5-11,14H,12H2,1-4H3,(H,24,25). The Bertz CT molecular complexity index is 806. The van der Waals surface area contributed by atoms with Crippen LogP contribution in [0.2, 0.25) is 0 Å². The predicted molar refractivity (Wildman–Crippen MR) is 112 cm³/mol. The molecule has 0 aliphatic heterocycles. The molecule has 1 atom stereocenters. The van der Waals surface area contributed by atoms with Gasteiger partial charge in [0.25, 0.3) is 0 Å². The van der Waals surface area contributed by atoms with Crippen LogP contribution in [0.3, 0.4) is 0 Å². The number of nitrogens with zero attached hydrogens (tertiary/aromatic N) is 1. The van der Waals surface area contributed by atoms with Gasteiger partial charge in [0, 0.05) is 5.56 Å². The molecule has 0 fully saturated rings. The fraction of sp³-hybridized carbons (Fsp3) is 0.333. The van der Waals surface area contributed by atoms with Gasteiger partial charge in [-0.15, -0.1) is 12.6 Å². The lowest BCUT2D eigenvalue weighted by molar-refractivity contribution is 0.415. The van der Waals surface area contributed by atoms with Crippen molar-refractivity contribution < 1.29 is 4.74 Å². The van der Waals surface area contributed by atoms with Crippen molar-refractivity contribution in [2.24, 2.45) is 5.92 Å². The highest BCUT2D eigenvalue weighted by Gasteiger charge is 2.31. The van der Waals surface area contributed by atoms with Gasteiger partial charge in [0.1, 0.15) is 5.75 Å². The SMILES string of the molecule is COc1ccc(-c2c(C(=S)S)cccc2C(C)(C#N)CC(C)C)cc1. The monoisotopic (exact) mass is 369 g/mol. The Labute approximate surface area is 161 Å². The Morgan fingerprint density at radius 1 is 1.24 bits per heavy atom. The molecule has 0 amide bonds. The molecule has 2 rings (SSSR count). The first-order valence-corrected chi connectivity index (χ1v) is 9.10. The van der Waals surface area contributed by atoms with E-state index in [2.05, 4.69) is 32.5 Å². The van der Waals surface area contributed by atoms with Crippen LogP contribution in [0.15, 0.2) is 42.5 Å². The number of methoxy groups -OCH3 is 1. The number of hydrogen-bond acceptors (Lipinski definition) is 3. The van der Waals surface area contributed by atoms with Gasteiger partial charge in [0.15, 0.2) is 0 Å². The average molecular weight is 370 g/mol. The molecule has 0 radical (unpaired) electrons. The van der Waals surface area contributed by atoms with Crippen molar-refractivity contribution in [3.05, 3.63) is 53.6 Å². The first kappa shape index (κ1) is 19.5. The summed E-state index contributed by atoms with van der Waals surface area (Å²) in [6, 6.07) is 16.3. The van der Waals surface area contributed by atoms with Crippen LogP contribution in [0.5, 0.6) is 5.75 Å². The molecule has 0 spiro atoms. The maximum atomic E-state index is 9.95. The molecule has 0 N–H and O–H groups in total. The first-order valence-electron chi connectivity index (χ1n) is 8.25. The molecule has 0 bridgehead atoms. The van der Waals surface area contributed by atoms with Crippen molar-refractivity contribution >= 4 is 29.0 Å². The smallest absolute Gasteiger partial charge is 0.118 e. The van der Waals surface area contributed by atoms with Crippen LogP contribution in [-0.2, 0) is 5.41 Å². The molecule has 2 aromatic carbocycles. The van der Waals surface area contributed by atoms with Gasteiger partial charge in [-0.2, -0.15) is 5.26 Å². The zero-order valence-electron chi connectivity index (χ0n) is 15.0. The largest absolute Gasteiger partial charge is 0.497 e. The lowest BCUT2D eigenvalue weighted by Gasteiger charge is -2.28. The number of rotatable bonds is 6. The Balaban J connectivity index is 2.74. The second-order valence-electron chi connectivity index (χ2n) is 6.80. The number of ether oxygens (including phenoxy) is 1. The van der Waals surface area contributed by atoms with Crippen molar-refractivity contribution in [2.75, 3.05) is 7.11 Å². The molecule has 2 nitrogen and oxygen atoms in total. The summed E-state index contributed by atoms with van der Waals surface area (Å²) in [5.74, 6) is 1.20. The molecule has 2 aromatic rings. The van der Waals surface area contributed by atoms with E-state index in [1.165, 1.54) is 0 Å². The fourth-order valence-electron chi connectivity index (χ4n) is 3.29. The first-order chi connectivity index (χ1) is 11.8. The van der Waals surface area contributed by atoms with Gasteiger partial charge < -0.3 is 4.74 Å². The van der Waals surface area contributed by atoms with Gasteiger partial charge in [-0.3, -0.25) is 0 Å². The summed E-state index contributed by atoms with van der Waals surface area (Å²) in [5, 5.41) is 9.95. The van der Waals surface area contributed by atoms with Gasteiger partial charge in [0.05, 0.1) is 22.8 Å². The molecule has 0 aliphatic carbocycles. The molecule has 0 aliphatic rings. The lowest BCUT2D eigenvalue weighted by Crippen LogP contribution is -2.23. The summed E-state index contributed by atoms with van der Waals surface area (Å²) < 4.78 is 5.79. The maximum absolute atomic E-state index is 9.95. The van der Waals surface area contributed by atoms with Crippen LogP contribution < -0.4 is 4.74 Å². The minimum atomic E-state index is -0.599. The number of nitriles is 1. The van der Waals surface area contributed by atoms with Gasteiger partial charge in [0.2, 0.25) is 0 Å². The summed E-state index contributed by atoms with van der Waals surface area (Å²) in [6.07, 6.45) is 0.773. The molecule has 25 heavy (non-hydrogen) atoms. The van der Waals surface area contributed by atoms with E-state index in [1.54, 1.807) is 7.11 Å². The molecular weight excluding hydrogens is 346 g/mol. The van der Waals surface area contributed by atoms with Crippen LogP contribution in [0, 0.1) is 17.2 Å². The van der Waals surface area contributed by atoms with Crippen molar-refractivity contribution in [3.8, 4) is 22.9 Å². The topological polar surface area (TPSA) is 33.0 Å². The van der Waals surface area contributed by atoms with E-state index in [0.29, 0.717) is 10.1 Å². The van der Waals surface area contributed by atoms with Crippen molar-refractivity contribution in [1.29, 1.82) is 5.26 Å². The highest BCUT2D eigenvalue weighted by atomic mass is 32.1. The van der Waals surface area contributed by atoms with Gasteiger partial charge in [-0.05, 0) is 48.1 Å². The van der Waals surface area contributed by atoms with E-state index in [4.69, 9.17) is 17.0 Å². The maximum Gasteiger partial charge on any atom is 0.118 e. The summed E-state index contributed by atoms with van der Waals surface area (Å²) in [5.41, 5.74) is 3.26. The number of hydrogen-bond donors (Lipinski definition) is 1. The van der Waals surface area contributed by atoms with Crippen LogP contribution in [0.1, 0.15) is 38.3 Å². The summed E-state index contributed by atoms with van der Waals surface area (Å²) in [4.78, 5) is 0. The predicted octanol–water partition coefficient (Wildman–Crippen LogP) is 5.79. The van der Waals surface area contributed by atoms with Crippen LogP contribution >= 0.6 is 24.8 Å². The quantitative estimate of drug-likeness (QED) is 0.516.